The number of aryl methyl sites for hydroxylation is 1. The number of rotatable bonds is 10. The van der Waals surface area contributed by atoms with Gasteiger partial charge in [0.05, 0.1) is 23.9 Å². The summed E-state index contributed by atoms with van der Waals surface area (Å²) < 4.78 is 34.2. The van der Waals surface area contributed by atoms with Crippen molar-refractivity contribution in [3.63, 3.8) is 0 Å². The maximum absolute atomic E-state index is 12.9. The number of amides is 1. The van der Waals surface area contributed by atoms with E-state index in [1.54, 1.807) is 66.5 Å². The number of nitrogens with zero attached hydrogens (tertiary/aromatic N) is 4. The summed E-state index contributed by atoms with van der Waals surface area (Å²) in [6.07, 6.45) is 3.41. The van der Waals surface area contributed by atoms with Gasteiger partial charge in [-0.05, 0) is 73.2 Å². The average Bonchev–Trinajstić information content (AvgIpc) is 3.46. The number of benzene rings is 4. The highest BCUT2D eigenvalue weighted by Gasteiger charge is 2.21. The van der Waals surface area contributed by atoms with Gasteiger partial charge in [-0.25, -0.2) is 18.5 Å². The van der Waals surface area contributed by atoms with Gasteiger partial charge in [0, 0.05) is 36.5 Å². The summed E-state index contributed by atoms with van der Waals surface area (Å²) in [6.45, 7) is 2.07. The number of carbonyl (C=O) groups excluding carboxylic acids is 1. The molecule has 0 atom stereocenters. The normalized spacial score (nSPS) is 11.6. The molecule has 0 saturated heterocycles. The fourth-order valence-corrected chi connectivity index (χ4v) is 5.55. The van der Waals surface area contributed by atoms with Gasteiger partial charge in [0.25, 0.3) is 5.91 Å². The van der Waals surface area contributed by atoms with Crippen LogP contribution < -0.4 is 10.2 Å². The van der Waals surface area contributed by atoms with Crippen LogP contribution in [0.4, 0.5) is 0 Å². The Kier molecular flexibility index (Phi) is 8.79. The Morgan fingerprint density at radius 1 is 0.953 bits per heavy atom. The van der Waals surface area contributed by atoms with Crippen molar-refractivity contribution in [3.8, 4) is 22.7 Å². The molecule has 0 bridgehead atoms. The number of nitrogens with one attached hydrogen (secondary N) is 1. The van der Waals surface area contributed by atoms with Crippen LogP contribution in [0, 0.1) is 6.92 Å². The Bertz CT molecular complexity index is 1830. The SMILES string of the molecule is COc1ccc(-c2nn(-c3ccccc3)cc2/C=N/NC(=O)c2ccc(CN(C)S(=O)(=O)c3ccc(C)cc3)cc2)cc1. The summed E-state index contributed by atoms with van der Waals surface area (Å²) in [4.78, 5) is 13.1. The molecule has 10 heteroatoms. The quantitative estimate of drug-likeness (QED) is 0.171. The molecule has 0 radical (unpaired) electrons. The molecular weight excluding hydrogens is 562 g/mol. The molecule has 43 heavy (non-hydrogen) atoms. The maximum Gasteiger partial charge on any atom is 0.271 e. The molecule has 1 amide bonds. The van der Waals surface area contributed by atoms with Crippen LogP contribution in [0.3, 0.4) is 0 Å². The highest BCUT2D eigenvalue weighted by molar-refractivity contribution is 7.89. The van der Waals surface area contributed by atoms with Crippen molar-refractivity contribution in [2.24, 2.45) is 5.10 Å². The molecule has 4 aromatic carbocycles. The van der Waals surface area contributed by atoms with E-state index in [0.717, 1.165) is 28.1 Å². The summed E-state index contributed by atoms with van der Waals surface area (Å²) in [5, 5.41) is 8.96. The summed E-state index contributed by atoms with van der Waals surface area (Å²) in [5.41, 5.74) is 7.85. The van der Waals surface area contributed by atoms with Crippen molar-refractivity contribution in [3.05, 3.63) is 132 Å². The number of ether oxygens (including phenoxy) is 1. The number of para-hydroxylation sites is 1. The zero-order valence-corrected chi connectivity index (χ0v) is 24.8. The Morgan fingerprint density at radius 2 is 1.63 bits per heavy atom. The number of sulfonamides is 1. The van der Waals surface area contributed by atoms with Crippen LogP contribution in [0.25, 0.3) is 16.9 Å². The van der Waals surface area contributed by atoms with Crippen LogP contribution in [0.15, 0.2) is 119 Å². The molecule has 1 N–H and O–H groups in total. The number of aromatic nitrogens is 2. The molecule has 5 aromatic rings. The van der Waals surface area contributed by atoms with Gasteiger partial charge in [0.1, 0.15) is 11.4 Å². The van der Waals surface area contributed by atoms with Crippen LogP contribution in [-0.4, -0.2) is 48.8 Å². The zero-order chi connectivity index (χ0) is 30.4. The number of hydrazone groups is 1. The lowest BCUT2D eigenvalue weighted by Crippen LogP contribution is -2.26. The first-order chi connectivity index (χ1) is 20.7. The molecule has 0 spiro atoms. The van der Waals surface area contributed by atoms with Gasteiger partial charge in [-0.3, -0.25) is 4.79 Å². The molecule has 9 nitrogen and oxygen atoms in total. The number of hydrogen-bond donors (Lipinski definition) is 1. The van der Waals surface area contributed by atoms with E-state index >= 15 is 0 Å². The monoisotopic (exact) mass is 593 g/mol. The molecule has 0 aliphatic rings. The molecule has 218 valence electrons. The van der Waals surface area contributed by atoms with E-state index in [0.29, 0.717) is 16.8 Å². The maximum atomic E-state index is 12.9. The van der Waals surface area contributed by atoms with Crippen molar-refractivity contribution in [1.29, 1.82) is 0 Å². The minimum absolute atomic E-state index is 0.163. The van der Waals surface area contributed by atoms with Gasteiger partial charge in [-0.2, -0.15) is 14.5 Å². The van der Waals surface area contributed by atoms with Crippen molar-refractivity contribution in [2.75, 3.05) is 14.2 Å². The molecule has 0 aliphatic carbocycles. The van der Waals surface area contributed by atoms with Gasteiger partial charge >= 0.3 is 0 Å². The minimum atomic E-state index is -3.64. The van der Waals surface area contributed by atoms with Crippen molar-refractivity contribution >= 4 is 22.1 Å². The molecule has 0 saturated carbocycles. The van der Waals surface area contributed by atoms with Crippen LogP contribution in [-0.2, 0) is 16.6 Å². The van der Waals surface area contributed by atoms with Crippen molar-refractivity contribution in [2.45, 2.75) is 18.4 Å². The molecule has 0 unspecified atom stereocenters. The molecule has 5 rings (SSSR count). The second kappa shape index (κ2) is 12.8. The van der Waals surface area contributed by atoms with E-state index in [9.17, 15) is 13.2 Å². The Hall–Kier alpha value is -5.06. The van der Waals surface area contributed by atoms with E-state index in [1.165, 1.54) is 11.4 Å². The van der Waals surface area contributed by atoms with Crippen LogP contribution in [0.1, 0.15) is 27.0 Å². The summed E-state index contributed by atoms with van der Waals surface area (Å²) in [6, 6.07) is 30.7. The van der Waals surface area contributed by atoms with Gasteiger partial charge in [0.2, 0.25) is 10.0 Å². The molecular formula is C33H31N5O4S. The Labute approximate surface area is 251 Å². The van der Waals surface area contributed by atoms with Crippen molar-refractivity contribution in [1.82, 2.24) is 19.5 Å². The second-order valence-electron chi connectivity index (χ2n) is 9.91. The first kappa shape index (κ1) is 29.4. The number of methoxy groups -OCH3 is 1. The Morgan fingerprint density at radius 3 is 2.28 bits per heavy atom. The van der Waals surface area contributed by atoms with Crippen LogP contribution in [0.5, 0.6) is 5.75 Å². The lowest BCUT2D eigenvalue weighted by atomic mass is 10.1. The third-order valence-corrected chi connectivity index (χ3v) is 8.66. The van der Waals surface area contributed by atoms with E-state index in [-0.39, 0.29) is 11.4 Å². The molecule has 1 heterocycles. The lowest BCUT2D eigenvalue weighted by molar-refractivity contribution is 0.0955. The van der Waals surface area contributed by atoms with Crippen LogP contribution >= 0.6 is 0 Å². The standard InChI is InChI=1S/C33H31N5O4S/c1-24-9-19-31(20-10-24)43(40,41)37(2)22-25-11-13-27(14-12-25)33(39)35-34-21-28-23-38(29-7-5-4-6-8-29)36-32(28)26-15-17-30(42-3)18-16-26/h4-21,23H,22H2,1-3H3,(H,35,39)/b34-21+. The van der Waals surface area contributed by atoms with E-state index < -0.39 is 15.9 Å². The van der Waals surface area contributed by atoms with E-state index in [2.05, 4.69) is 10.5 Å². The topological polar surface area (TPSA) is 106 Å². The largest absolute Gasteiger partial charge is 0.497 e. The smallest absolute Gasteiger partial charge is 0.271 e. The summed E-state index contributed by atoms with van der Waals surface area (Å²) in [7, 11) is -0.494. The van der Waals surface area contributed by atoms with Crippen molar-refractivity contribution < 1.29 is 17.9 Å². The lowest BCUT2D eigenvalue weighted by Gasteiger charge is -2.17. The van der Waals surface area contributed by atoms with Gasteiger partial charge in [-0.1, -0.05) is 48.0 Å². The fourth-order valence-electron chi connectivity index (χ4n) is 4.39. The number of carbonyl (C=O) groups is 1. The van der Waals surface area contributed by atoms with E-state index in [4.69, 9.17) is 9.84 Å². The zero-order valence-electron chi connectivity index (χ0n) is 24.0. The second-order valence-corrected chi connectivity index (χ2v) is 12.0. The summed E-state index contributed by atoms with van der Waals surface area (Å²) in [5.74, 6) is 0.337. The van der Waals surface area contributed by atoms with E-state index in [1.807, 2.05) is 67.7 Å². The predicted molar refractivity (Wildman–Crippen MR) is 167 cm³/mol. The highest BCUT2D eigenvalue weighted by Crippen LogP contribution is 2.25. The van der Waals surface area contributed by atoms with Gasteiger partial charge < -0.3 is 4.74 Å². The highest BCUT2D eigenvalue weighted by atomic mass is 32.2. The number of hydrogen-bond acceptors (Lipinski definition) is 6. The third kappa shape index (κ3) is 6.88. The predicted octanol–water partition coefficient (Wildman–Crippen LogP) is 5.44. The minimum Gasteiger partial charge on any atom is -0.497 e. The first-order valence-electron chi connectivity index (χ1n) is 13.5. The summed E-state index contributed by atoms with van der Waals surface area (Å²) >= 11 is 0. The van der Waals surface area contributed by atoms with Gasteiger partial charge in [0.15, 0.2) is 0 Å². The third-order valence-electron chi connectivity index (χ3n) is 6.85. The molecule has 1 aromatic heterocycles. The van der Waals surface area contributed by atoms with Crippen LogP contribution in [0.2, 0.25) is 0 Å². The average molecular weight is 594 g/mol. The molecule has 0 fully saturated rings. The first-order valence-corrected chi connectivity index (χ1v) is 14.9. The fraction of sp³-hybridized carbons (Fsp3) is 0.121. The molecule has 0 aliphatic heterocycles. The van der Waals surface area contributed by atoms with Gasteiger partial charge in [-0.15, -0.1) is 0 Å². The Balaban J connectivity index is 1.28.